The van der Waals surface area contributed by atoms with Crippen molar-refractivity contribution < 1.29 is 19.4 Å². The highest BCUT2D eigenvalue weighted by Crippen LogP contribution is 2.44. The highest BCUT2D eigenvalue weighted by molar-refractivity contribution is 6.00. The molecule has 0 saturated carbocycles. The standard InChI is InChI=1S/C22H23N3O4/c1-28-13-5-12-25-21(14-8-10-15(29-2)11-9-14)18-19(23-24-20(18)22(25)27)16-6-3-4-7-17(16)26/h3-4,6-11,21,26H,5,12-13H2,1-2H3,(H,23,24)/t21-/m1/s1. The number of fused-ring (bicyclic) bond motifs is 1. The molecule has 0 saturated heterocycles. The number of phenolic OH excluding ortho intramolecular Hbond substituents is 1. The van der Waals surface area contributed by atoms with Crippen LogP contribution in [0.1, 0.15) is 34.1 Å². The van der Waals surface area contributed by atoms with E-state index in [9.17, 15) is 9.90 Å². The van der Waals surface area contributed by atoms with Crippen LogP contribution in [0, 0.1) is 0 Å². The quantitative estimate of drug-likeness (QED) is 0.601. The third-order valence-electron chi connectivity index (χ3n) is 5.20. The van der Waals surface area contributed by atoms with Crippen LogP contribution < -0.4 is 4.74 Å². The molecular formula is C22H23N3O4. The number of amides is 1. The van der Waals surface area contributed by atoms with Crippen molar-refractivity contribution in [1.82, 2.24) is 15.1 Å². The van der Waals surface area contributed by atoms with Crippen LogP contribution in [0.5, 0.6) is 11.5 Å². The first-order valence-corrected chi connectivity index (χ1v) is 9.46. The van der Waals surface area contributed by atoms with Crippen LogP contribution in [0.3, 0.4) is 0 Å². The number of rotatable bonds is 7. The Morgan fingerprint density at radius 2 is 1.90 bits per heavy atom. The van der Waals surface area contributed by atoms with E-state index in [4.69, 9.17) is 9.47 Å². The topological polar surface area (TPSA) is 87.7 Å². The van der Waals surface area contributed by atoms with Gasteiger partial charge in [0.05, 0.1) is 13.2 Å². The van der Waals surface area contributed by atoms with Gasteiger partial charge in [-0.05, 0) is 36.2 Å². The molecular weight excluding hydrogens is 370 g/mol. The minimum atomic E-state index is -0.311. The first kappa shape index (κ1) is 19.0. The minimum absolute atomic E-state index is 0.105. The number of hydrogen-bond acceptors (Lipinski definition) is 5. The normalized spacial score (nSPS) is 15.6. The van der Waals surface area contributed by atoms with E-state index in [0.717, 1.165) is 23.3 Å². The average molecular weight is 393 g/mol. The highest BCUT2D eigenvalue weighted by Gasteiger charge is 2.42. The molecule has 7 nitrogen and oxygen atoms in total. The van der Waals surface area contributed by atoms with Gasteiger partial charge in [-0.25, -0.2) is 0 Å². The van der Waals surface area contributed by atoms with Crippen LogP contribution in [0.4, 0.5) is 0 Å². The van der Waals surface area contributed by atoms with Gasteiger partial charge in [-0.2, -0.15) is 5.10 Å². The predicted octanol–water partition coefficient (Wildman–Crippen LogP) is 3.37. The molecule has 1 aromatic heterocycles. The SMILES string of the molecule is COCCCN1C(=O)c2[nH]nc(-c3ccccc3O)c2[C@H]1c1ccc(OC)cc1. The number of ether oxygens (including phenoxy) is 2. The third kappa shape index (κ3) is 3.34. The zero-order valence-electron chi connectivity index (χ0n) is 16.4. The first-order chi connectivity index (χ1) is 14.2. The van der Waals surface area contributed by atoms with Gasteiger partial charge in [-0.15, -0.1) is 0 Å². The van der Waals surface area contributed by atoms with Gasteiger partial charge in [0.25, 0.3) is 5.91 Å². The lowest BCUT2D eigenvalue weighted by Crippen LogP contribution is -2.31. The summed E-state index contributed by atoms with van der Waals surface area (Å²) in [4.78, 5) is 15.0. The number of aromatic nitrogens is 2. The number of nitrogens with zero attached hydrogens (tertiary/aromatic N) is 2. The number of benzene rings is 2. The lowest BCUT2D eigenvalue weighted by molar-refractivity contribution is 0.0723. The lowest BCUT2D eigenvalue weighted by atomic mass is 9.95. The van der Waals surface area contributed by atoms with Gasteiger partial charge in [0.15, 0.2) is 0 Å². The number of carbonyl (C=O) groups excluding carboxylic acids is 1. The number of hydrogen-bond donors (Lipinski definition) is 2. The van der Waals surface area contributed by atoms with Gasteiger partial charge >= 0.3 is 0 Å². The summed E-state index contributed by atoms with van der Waals surface area (Å²) in [5.74, 6) is 0.768. The monoisotopic (exact) mass is 393 g/mol. The Bertz CT molecular complexity index is 1010. The van der Waals surface area contributed by atoms with E-state index < -0.39 is 0 Å². The molecule has 0 bridgehead atoms. The van der Waals surface area contributed by atoms with Crippen LogP contribution >= 0.6 is 0 Å². The van der Waals surface area contributed by atoms with E-state index in [1.807, 2.05) is 35.2 Å². The number of methoxy groups -OCH3 is 2. The second-order valence-corrected chi connectivity index (χ2v) is 6.90. The van der Waals surface area contributed by atoms with Crippen molar-refractivity contribution in [1.29, 1.82) is 0 Å². The molecule has 0 radical (unpaired) electrons. The Balaban J connectivity index is 1.82. The van der Waals surface area contributed by atoms with Gasteiger partial charge in [0.1, 0.15) is 22.9 Å². The van der Waals surface area contributed by atoms with Crippen molar-refractivity contribution in [2.24, 2.45) is 0 Å². The molecule has 2 N–H and O–H groups in total. The van der Waals surface area contributed by atoms with E-state index in [2.05, 4.69) is 10.2 Å². The maximum atomic E-state index is 13.2. The second kappa shape index (κ2) is 7.97. The number of nitrogens with one attached hydrogen (secondary N) is 1. The molecule has 1 atom stereocenters. The summed E-state index contributed by atoms with van der Waals surface area (Å²) in [7, 11) is 3.27. The van der Waals surface area contributed by atoms with Crippen molar-refractivity contribution in [3.8, 4) is 22.8 Å². The zero-order valence-corrected chi connectivity index (χ0v) is 16.4. The predicted molar refractivity (Wildman–Crippen MR) is 108 cm³/mol. The summed E-state index contributed by atoms with van der Waals surface area (Å²) in [6, 6.07) is 14.4. The fourth-order valence-electron chi connectivity index (χ4n) is 3.82. The van der Waals surface area contributed by atoms with Crippen molar-refractivity contribution >= 4 is 5.91 Å². The highest BCUT2D eigenvalue weighted by atomic mass is 16.5. The Morgan fingerprint density at radius 1 is 1.14 bits per heavy atom. The maximum Gasteiger partial charge on any atom is 0.273 e. The van der Waals surface area contributed by atoms with Gasteiger partial charge < -0.3 is 19.5 Å². The number of phenols is 1. The van der Waals surface area contributed by atoms with Crippen LogP contribution in [0.15, 0.2) is 48.5 Å². The van der Waals surface area contributed by atoms with Crippen molar-refractivity contribution in [2.75, 3.05) is 27.4 Å². The van der Waals surface area contributed by atoms with Crippen LogP contribution in [0.2, 0.25) is 0 Å². The molecule has 1 amide bonds. The van der Waals surface area contributed by atoms with E-state index >= 15 is 0 Å². The summed E-state index contributed by atoms with van der Waals surface area (Å²) in [5.41, 5.74) is 3.37. The molecule has 2 aromatic carbocycles. The number of aromatic amines is 1. The summed E-state index contributed by atoms with van der Waals surface area (Å²) in [6.45, 7) is 1.11. The summed E-state index contributed by atoms with van der Waals surface area (Å²) in [6.07, 6.45) is 0.721. The summed E-state index contributed by atoms with van der Waals surface area (Å²) < 4.78 is 10.4. The van der Waals surface area contributed by atoms with Gasteiger partial charge in [-0.3, -0.25) is 9.89 Å². The molecule has 3 aromatic rings. The smallest absolute Gasteiger partial charge is 0.273 e. The van der Waals surface area contributed by atoms with E-state index in [1.54, 1.807) is 32.4 Å². The van der Waals surface area contributed by atoms with Gasteiger partial charge in [0, 0.05) is 31.4 Å². The average Bonchev–Trinajstić information content (AvgIpc) is 3.28. The molecule has 4 rings (SSSR count). The molecule has 1 aliphatic rings. The molecule has 1 aliphatic heterocycles. The molecule has 150 valence electrons. The Labute approximate surface area is 168 Å². The number of carbonyl (C=O) groups is 1. The number of aromatic hydroxyl groups is 1. The van der Waals surface area contributed by atoms with E-state index in [-0.39, 0.29) is 17.7 Å². The molecule has 0 fully saturated rings. The van der Waals surface area contributed by atoms with Crippen LogP contribution in [0.25, 0.3) is 11.3 Å². The first-order valence-electron chi connectivity index (χ1n) is 9.46. The molecule has 0 aliphatic carbocycles. The van der Waals surface area contributed by atoms with Crippen molar-refractivity contribution in [3.05, 3.63) is 65.4 Å². The maximum absolute atomic E-state index is 13.2. The van der Waals surface area contributed by atoms with Crippen molar-refractivity contribution in [2.45, 2.75) is 12.5 Å². The Morgan fingerprint density at radius 3 is 2.59 bits per heavy atom. The molecule has 0 spiro atoms. The molecule has 7 heteroatoms. The molecule has 29 heavy (non-hydrogen) atoms. The fourth-order valence-corrected chi connectivity index (χ4v) is 3.82. The van der Waals surface area contributed by atoms with Crippen LogP contribution in [-0.4, -0.2) is 53.5 Å². The van der Waals surface area contributed by atoms with Gasteiger partial charge in [-0.1, -0.05) is 24.3 Å². The number of H-pyrrole nitrogens is 1. The summed E-state index contributed by atoms with van der Waals surface area (Å²) >= 11 is 0. The lowest BCUT2D eigenvalue weighted by Gasteiger charge is -2.26. The van der Waals surface area contributed by atoms with Crippen molar-refractivity contribution in [3.63, 3.8) is 0 Å². The van der Waals surface area contributed by atoms with E-state index in [0.29, 0.717) is 30.1 Å². The minimum Gasteiger partial charge on any atom is -0.507 e. The largest absolute Gasteiger partial charge is 0.507 e. The second-order valence-electron chi connectivity index (χ2n) is 6.90. The van der Waals surface area contributed by atoms with Gasteiger partial charge in [0.2, 0.25) is 0 Å². The fraction of sp³-hybridized carbons (Fsp3) is 0.273. The molecule has 0 unspecified atom stereocenters. The molecule has 2 heterocycles. The van der Waals surface area contributed by atoms with Crippen LogP contribution in [-0.2, 0) is 4.74 Å². The number of para-hydroxylation sites is 1. The summed E-state index contributed by atoms with van der Waals surface area (Å²) in [5, 5.41) is 17.6. The van der Waals surface area contributed by atoms with E-state index in [1.165, 1.54) is 0 Å². The third-order valence-corrected chi connectivity index (χ3v) is 5.20. The zero-order chi connectivity index (χ0) is 20.4. The Hall–Kier alpha value is -3.32. The Kier molecular flexibility index (Phi) is 5.22.